The monoisotopic (exact) mass is 276 g/mol. The molecule has 0 bridgehead atoms. The van der Waals surface area contributed by atoms with Gasteiger partial charge >= 0.3 is 0 Å². The van der Waals surface area contributed by atoms with Gasteiger partial charge in [-0.2, -0.15) is 0 Å². The van der Waals surface area contributed by atoms with Gasteiger partial charge in [0.05, 0.1) is 12.1 Å². The van der Waals surface area contributed by atoms with Gasteiger partial charge in [-0.05, 0) is 31.4 Å². The predicted octanol–water partition coefficient (Wildman–Crippen LogP) is 1.55. The van der Waals surface area contributed by atoms with Crippen LogP contribution in [0.4, 0.5) is 0 Å². The molecule has 0 spiro atoms. The molecule has 1 rings (SSSR count). The van der Waals surface area contributed by atoms with Crippen LogP contribution in [0.5, 0.6) is 0 Å². The van der Waals surface area contributed by atoms with Gasteiger partial charge in [0.2, 0.25) is 5.91 Å². The van der Waals surface area contributed by atoms with Crippen LogP contribution in [0.2, 0.25) is 0 Å². The second-order valence-electron chi connectivity index (χ2n) is 5.41. The Labute approximate surface area is 121 Å². The normalized spacial score (nSPS) is 13.8. The first-order valence-corrected chi connectivity index (χ1v) is 7.03. The highest BCUT2D eigenvalue weighted by molar-refractivity contribution is 5.84. The molecule has 0 heterocycles. The third kappa shape index (κ3) is 5.53. The molecule has 2 atom stereocenters. The van der Waals surface area contributed by atoms with Gasteiger partial charge in [0.1, 0.15) is 6.29 Å². The molecule has 2 N–H and O–H groups in total. The van der Waals surface area contributed by atoms with E-state index in [2.05, 4.69) is 10.6 Å². The van der Waals surface area contributed by atoms with Crippen molar-refractivity contribution in [1.29, 1.82) is 0 Å². The molecule has 0 saturated carbocycles. The van der Waals surface area contributed by atoms with Gasteiger partial charge < -0.3 is 15.4 Å². The van der Waals surface area contributed by atoms with Gasteiger partial charge in [0.25, 0.3) is 0 Å². The lowest BCUT2D eigenvalue weighted by Gasteiger charge is -2.20. The van der Waals surface area contributed by atoms with E-state index in [4.69, 9.17) is 0 Å². The van der Waals surface area contributed by atoms with Crippen molar-refractivity contribution in [3.8, 4) is 0 Å². The van der Waals surface area contributed by atoms with Crippen LogP contribution in [0, 0.1) is 5.92 Å². The Balaban J connectivity index is 2.60. The largest absolute Gasteiger partial charge is 0.345 e. The molecule has 0 radical (unpaired) electrons. The lowest BCUT2D eigenvalue weighted by atomic mass is 10.0. The molecule has 1 aromatic carbocycles. The number of carbonyl (C=O) groups is 2. The smallest absolute Gasteiger partial charge is 0.238 e. The maximum atomic E-state index is 12.2. The standard InChI is InChI=1S/C16H24N2O2/c1-12(2)9-14(11-19)18-16(20)15(17-3)10-13-7-5-4-6-8-13/h4-8,11-12,14-15,17H,9-10H2,1-3H3,(H,18,20)/t14-,15-/m1/s1. The fraction of sp³-hybridized carbons (Fsp3) is 0.500. The van der Waals surface area contributed by atoms with E-state index in [9.17, 15) is 9.59 Å². The summed E-state index contributed by atoms with van der Waals surface area (Å²) < 4.78 is 0. The van der Waals surface area contributed by atoms with E-state index in [-0.39, 0.29) is 11.9 Å². The zero-order valence-electron chi connectivity index (χ0n) is 12.4. The molecule has 4 heteroatoms. The van der Waals surface area contributed by atoms with Crippen LogP contribution in [-0.4, -0.2) is 31.3 Å². The molecule has 0 saturated heterocycles. The minimum atomic E-state index is -0.408. The second-order valence-corrected chi connectivity index (χ2v) is 5.41. The highest BCUT2D eigenvalue weighted by atomic mass is 16.2. The highest BCUT2D eigenvalue weighted by Gasteiger charge is 2.20. The molecule has 0 aromatic heterocycles. The van der Waals surface area contributed by atoms with Crippen molar-refractivity contribution in [1.82, 2.24) is 10.6 Å². The maximum Gasteiger partial charge on any atom is 0.238 e. The average molecular weight is 276 g/mol. The van der Waals surface area contributed by atoms with E-state index in [1.54, 1.807) is 7.05 Å². The Morgan fingerprint density at radius 1 is 1.25 bits per heavy atom. The zero-order chi connectivity index (χ0) is 15.0. The minimum absolute atomic E-state index is 0.130. The number of carbonyl (C=O) groups excluding carboxylic acids is 2. The van der Waals surface area contributed by atoms with Crippen LogP contribution in [0.15, 0.2) is 30.3 Å². The number of likely N-dealkylation sites (N-methyl/N-ethyl adjacent to an activating group) is 1. The van der Waals surface area contributed by atoms with Crippen molar-refractivity contribution in [3.05, 3.63) is 35.9 Å². The molecule has 1 aromatic rings. The van der Waals surface area contributed by atoms with Crippen LogP contribution in [-0.2, 0) is 16.0 Å². The second kappa shape index (κ2) is 8.48. The number of nitrogens with one attached hydrogen (secondary N) is 2. The van der Waals surface area contributed by atoms with Gasteiger partial charge in [-0.3, -0.25) is 4.79 Å². The first-order valence-electron chi connectivity index (χ1n) is 7.03. The number of amides is 1. The van der Waals surface area contributed by atoms with Crippen molar-refractivity contribution < 1.29 is 9.59 Å². The van der Waals surface area contributed by atoms with Crippen molar-refractivity contribution in [2.24, 2.45) is 5.92 Å². The lowest BCUT2D eigenvalue weighted by Crippen LogP contribution is -2.48. The molecule has 110 valence electrons. The third-order valence-corrected chi connectivity index (χ3v) is 3.16. The average Bonchev–Trinajstić information content (AvgIpc) is 2.44. The molecule has 0 unspecified atom stereocenters. The highest BCUT2D eigenvalue weighted by Crippen LogP contribution is 2.06. The number of aldehydes is 1. The first kappa shape index (κ1) is 16.4. The Kier molecular flexibility index (Phi) is 6.94. The fourth-order valence-electron chi connectivity index (χ4n) is 2.12. The van der Waals surface area contributed by atoms with E-state index in [1.807, 2.05) is 44.2 Å². The van der Waals surface area contributed by atoms with Gasteiger partial charge in [-0.25, -0.2) is 0 Å². The van der Waals surface area contributed by atoms with E-state index in [0.717, 1.165) is 11.8 Å². The van der Waals surface area contributed by atoms with E-state index >= 15 is 0 Å². The van der Waals surface area contributed by atoms with Gasteiger partial charge in [-0.1, -0.05) is 44.2 Å². The summed E-state index contributed by atoms with van der Waals surface area (Å²) in [7, 11) is 1.76. The van der Waals surface area contributed by atoms with Gasteiger partial charge in [0.15, 0.2) is 0 Å². The molecule has 0 fully saturated rings. The SMILES string of the molecule is CN[C@H](Cc1ccccc1)C(=O)N[C@@H](C=O)CC(C)C. The molecular weight excluding hydrogens is 252 g/mol. The Morgan fingerprint density at radius 3 is 2.40 bits per heavy atom. The van der Waals surface area contributed by atoms with Gasteiger partial charge in [-0.15, -0.1) is 0 Å². The summed E-state index contributed by atoms with van der Waals surface area (Å²) in [5.74, 6) is 0.238. The number of benzene rings is 1. The van der Waals surface area contributed by atoms with E-state index in [1.165, 1.54) is 0 Å². The molecule has 0 aliphatic carbocycles. The Morgan fingerprint density at radius 2 is 1.90 bits per heavy atom. The molecular formula is C16H24N2O2. The summed E-state index contributed by atoms with van der Waals surface area (Å²) in [6, 6.07) is 9.09. The van der Waals surface area contributed by atoms with Crippen LogP contribution < -0.4 is 10.6 Å². The van der Waals surface area contributed by atoms with Crippen molar-refractivity contribution in [2.75, 3.05) is 7.05 Å². The fourth-order valence-corrected chi connectivity index (χ4v) is 2.12. The molecule has 20 heavy (non-hydrogen) atoms. The quantitative estimate of drug-likeness (QED) is 0.708. The van der Waals surface area contributed by atoms with E-state index in [0.29, 0.717) is 18.8 Å². The summed E-state index contributed by atoms with van der Waals surface area (Å²) in [6.45, 7) is 4.06. The Hall–Kier alpha value is -1.68. The third-order valence-electron chi connectivity index (χ3n) is 3.16. The minimum Gasteiger partial charge on any atom is -0.345 e. The summed E-state index contributed by atoms with van der Waals surface area (Å²) in [5, 5.41) is 5.80. The van der Waals surface area contributed by atoms with Crippen LogP contribution in [0.25, 0.3) is 0 Å². The van der Waals surface area contributed by atoms with Crippen molar-refractivity contribution in [2.45, 2.75) is 38.8 Å². The first-order chi connectivity index (χ1) is 9.56. The summed E-state index contributed by atoms with van der Waals surface area (Å²) in [4.78, 5) is 23.2. The summed E-state index contributed by atoms with van der Waals surface area (Å²) in [5.41, 5.74) is 1.09. The summed E-state index contributed by atoms with van der Waals surface area (Å²) in [6.07, 6.45) is 2.08. The van der Waals surface area contributed by atoms with E-state index < -0.39 is 6.04 Å². The van der Waals surface area contributed by atoms with Crippen molar-refractivity contribution >= 4 is 12.2 Å². The van der Waals surface area contributed by atoms with Gasteiger partial charge in [0, 0.05) is 0 Å². The molecule has 1 amide bonds. The van der Waals surface area contributed by atoms with Crippen molar-refractivity contribution in [3.63, 3.8) is 0 Å². The zero-order valence-corrected chi connectivity index (χ0v) is 12.4. The predicted molar refractivity (Wildman–Crippen MR) is 80.4 cm³/mol. The maximum absolute atomic E-state index is 12.2. The van der Waals surface area contributed by atoms with Crippen LogP contribution in [0.3, 0.4) is 0 Å². The molecule has 0 aliphatic rings. The number of hydrogen-bond donors (Lipinski definition) is 2. The van der Waals surface area contributed by atoms with Crippen LogP contribution >= 0.6 is 0 Å². The molecule has 4 nitrogen and oxygen atoms in total. The lowest BCUT2D eigenvalue weighted by molar-refractivity contribution is -0.125. The number of rotatable bonds is 8. The topological polar surface area (TPSA) is 58.2 Å². The Bertz CT molecular complexity index is 418. The molecule has 0 aliphatic heterocycles. The van der Waals surface area contributed by atoms with Crippen LogP contribution in [0.1, 0.15) is 25.8 Å². The summed E-state index contributed by atoms with van der Waals surface area (Å²) >= 11 is 0. The number of hydrogen-bond acceptors (Lipinski definition) is 3.